The van der Waals surface area contributed by atoms with Gasteiger partial charge in [0.25, 0.3) is 0 Å². The highest BCUT2D eigenvalue weighted by Gasteiger charge is 2.30. The van der Waals surface area contributed by atoms with Gasteiger partial charge < -0.3 is 25.8 Å². The van der Waals surface area contributed by atoms with Gasteiger partial charge in [-0.3, -0.25) is 14.5 Å². The van der Waals surface area contributed by atoms with Crippen LogP contribution in [0, 0.1) is 0 Å². The molecule has 2 saturated heterocycles. The van der Waals surface area contributed by atoms with Crippen LogP contribution in [0.5, 0.6) is 0 Å². The van der Waals surface area contributed by atoms with Crippen molar-refractivity contribution in [1.82, 2.24) is 4.90 Å². The molecule has 0 aliphatic carbocycles. The molecule has 0 aromatic heterocycles. The predicted octanol–water partition coefficient (Wildman–Crippen LogP) is 1.72. The Morgan fingerprint density at radius 1 is 1.06 bits per heavy atom. The summed E-state index contributed by atoms with van der Waals surface area (Å²) >= 11 is 0. The monoisotopic (exact) mass is 466 g/mol. The second-order valence-electron chi connectivity index (χ2n) is 8.71. The quantitative estimate of drug-likeness (QED) is 0.567. The van der Waals surface area contributed by atoms with Crippen LogP contribution in [0.15, 0.2) is 48.5 Å². The van der Waals surface area contributed by atoms with E-state index in [1.165, 1.54) is 24.3 Å². The second-order valence-corrected chi connectivity index (χ2v) is 8.71. The van der Waals surface area contributed by atoms with Gasteiger partial charge in [0.1, 0.15) is 0 Å². The molecule has 2 aliphatic rings. The molecule has 1 atom stereocenters. The number of carbonyl (C=O) groups is 3. The number of carboxylic acids is 1. The summed E-state index contributed by atoms with van der Waals surface area (Å²) in [4.78, 5) is 40.2. The molecule has 2 amide bonds. The van der Waals surface area contributed by atoms with Crippen molar-refractivity contribution in [2.75, 3.05) is 43.1 Å². The number of carboxylic acid groups (broad SMARTS) is 1. The summed E-state index contributed by atoms with van der Waals surface area (Å²) in [5, 5.41) is 11.7. The summed E-state index contributed by atoms with van der Waals surface area (Å²) in [6.07, 6.45) is 2.29. The van der Waals surface area contributed by atoms with Crippen LogP contribution >= 0.6 is 0 Å². The highest BCUT2D eigenvalue weighted by Crippen LogP contribution is 2.22. The van der Waals surface area contributed by atoms with Crippen molar-refractivity contribution < 1.29 is 24.2 Å². The van der Waals surface area contributed by atoms with Gasteiger partial charge in [-0.1, -0.05) is 12.1 Å². The molecule has 1 unspecified atom stereocenters. The zero-order chi connectivity index (χ0) is 24.1. The molecule has 2 aromatic carbocycles. The van der Waals surface area contributed by atoms with E-state index in [0.717, 1.165) is 43.9 Å². The number of rotatable bonds is 7. The van der Waals surface area contributed by atoms with Crippen molar-refractivity contribution in [3.63, 3.8) is 0 Å². The van der Waals surface area contributed by atoms with Crippen molar-refractivity contribution >= 4 is 29.2 Å². The van der Waals surface area contributed by atoms with Crippen molar-refractivity contribution in [3.8, 4) is 0 Å². The van der Waals surface area contributed by atoms with Crippen molar-refractivity contribution in [3.05, 3.63) is 59.7 Å². The van der Waals surface area contributed by atoms with E-state index in [0.29, 0.717) is 31.2 Å². The number of carbonyl (C=O) groups excluding carboxylic acids is 2. The summed E-state index contributed by atoms with van der Waals surface area (Å²) in [5.41, 5.74) is 8.44. The molecule has 180 valence electrons. The molecule has 2 aromatic rings. The average Bonchev–Trinajstić information content (AvgIpc) is 2.85. The first kappa shape index (κ1) is 23.9. The number of nitrogens with zero attached hydrogens (tertiary/aromatic N) is 2. The van der Waals surface area contributed by atoms with E-state index >= 15 is 0 Å². The van der Waals surface area contributed by atoms with Crippen molar-refractivity contribution in [1.29, 1.82) is 0 Å². The lowest BCUT2D eigenvalue weighted by atomic mass is 10.0. The van der Waals surface area contributed by atoms with E-state index in [4.69, 9.17) is 15.6 Å². The minimum absolute atomic E-state index is 0.0930. The molecule has 9 heteroatoms. The highest BCUT2D eigenvalue weighted by molar-refractivity contribution is 5.96. The minimum atomic E-state index is -1.03. The summed E-state index contributed by atoms with van der Waals surface area (Å²) < 4.78 is 5.43. The van der Waals surface area contributed by atoms with Crippen molar-refractivity contribution in [2.45, 2.75) is 31.3 Å². The third-order valence-electron chi connectivity index (χ3n) is 6.40. The van der Waals surface area contributed by atoms with E-state index in [2.05, 4.69) is 10.2 Å². The standard InChI is InChI=1S/C25H30N4O5/c26-22(24(31)27-19-5-3-18(4-6-19)25(32)33)15-17-1-7-21(8-2-17)29-12-11-28(16-23(29)30)20-9-13-34-14-10-20/h1-8,20,22H,9-16,26H2,(H,27,31)(H,32,33). The molecule has 2 aliphatic heterocycles. The molecule has 4 N–H and O–H groups in total. The zero-order valence-corrected chi connectivity index (χ0v) is 19.0. The van der Waals surface area contributed by atoms with Crippen LogP contribution in [0.25, 0.3) is 0 Å². The maximum absolute atomic E-state index is 12.8. The number of piperazine rings is 1. The number of ether oxygens (including phenoxy) is 1. The third-order valence-corrected chi connectivity index (χ3v) is 6.40. The first-order valence-corrected chi connectivity index (χ1v) is 11.5. The number of nitrogens with one attached hydrogen (secondary N) is 1. The SMILES string of the molecule is NC(Cc1ccc(N2CCN(C3CCOCC3)CC2=O)cc1)C(=O)Nc1ccc(C(=O)O)cc1. The van der Waals surface area contributed by atoms with E-state index in [1.807, 2.05) is 29.2 Å². The number of aromatic carboxylic acids is 1. The van der Waals surface area contributed by atoms with E-state index in [1.54, 1.807) is 0 Å². The lowest BCUT2D eigenvalue weighted by molar-refractivity contribution is -0.122. The molecule has 9 nitrogen and oxygen atoms in total. The van der Waals surface area contributed by atoms with E-state index in [9.17, 15) is 14.4 Å². The Labute approximate surface area is 198 Å². The highest BCUT2D eigenvalue weighted by atomic mass is 16.5. The zero-order valence-electron chi connectivity index (χ0n) is 19.0. The Kier molecular flexibility index (Phi) is 7.56. The summed E-state index contributed by atoms with van der Waals surface area (Å²) in [6.45, 7) is 3.44. The fourth-order valence-electron chi connectivity index (χ4n) is 4.42. The van der Waals surface area contributed by atoms with E-state index < -0.39 is 12.0 Å². The van der Waals surface area contributed by atoms with Gasteiger partial charge in [-0.15, -0.1) is 0 Å². The van der Waals surface area contributed by atoms with Gasteiger partial charge in [-0.2, -0.15) is 0 Å². The first-order chi connectivity index (χ1) is 16.4. The Balaban J connectivity index is 1.29. The van der Waals surface area contributed by atoms with Gasteiger partial charge in [0.15, 0.2) is 0 Å². The second kappa shape index (κ2) is 10.8. The number of hydrogen-bond donors (Lipinski definition) is 3. The Morgan fingerprint density at radius 3 is 2.35 bits per heavy atom. The van der Waals surface area contributed by atoms with Crippen molar-refractivity contribution in [2.24, 2.45) is 5.73 Å². The summed E-state index contributed by atoms with van der Waals surface area (Å²) in [7, 11) is 0. The fourth-order valence-corrected chi connectivity index (χ4v) is 4.42. The third kappa shape index (κ3) is 5.80. The van der Waals surface area contributed by atoms with Crippen LogP contribution in [0.3, 0.4) is 0 Å². The summed E-state index contributed by atoms with van der Waals surface area (Å²) in [5.74, 6) is -1.29. The molecule has 0 saturated carbocycles. The van der Waals surface area contributed by atoms with Gasteiger partial charge in [-0.05, 0) is 61.2 Å². The van der Waals surface area contributed by atoms with Gasteiger partial charge >= 0.3 is 5.97 Å². The molecule has 0 bridgehead atoms. The Bertz CT molecular complexity index is 1020. The lowest BCUT2D eigenvalue weighted by Gasteiger charge is -2.40. The van der Waals surface area contributed by atoms with Crippen LogP contribution in [0.2, 0.25) is 0 Å². The molecular formula is C25H30N4O5. The normalized spacial score (nSPS) is 18.5. The van der Waals surface area contributed by atoms with Gasteiger partial charge in [0.2, 0.25) is 11.8 Å². The molecule has 2 fully saturated rings. The maximum Gasteiger partial charge on any atom is 0.335 e. The molecular weight excluding hydrogens is 436 g/mol. The largest absolute Gasteiger partial charge is 0.478 e. The topological polar surface area (TPSA) is 125 Å². The smallest absolute Gasteiger partial charge is 0.335 e. The molecule has 4 rings (SSSR count). The van der Waals surface area contributed by atoms with Crippen LogP contribution < -0.4 is 16.0 Å². The van der Waals surface area contributed by atoms with Crippen LogP contribution in [-0.4, -0.2) is 72.7 Å². The maximum atomic E-state index is 12.8. The van der Waals surface area contributed by atoms with Gasteiger partial charge in [0.05, 0.1) is 18.2 Å². The Morgan fingerprint density at radius 2 is 1.74 bits per heavy atom. The number of benzene rings is 2. The van der Waals surface area contributed by atoms with Crippen LogP contribution in [0.4, 0.5) is 11.4 Å². The number of anilines is 2. The average molecular weight is 467 g/mol. The molecule has 34 heavy (non-hydrogen) atoms. The van der Waals surface area contributed by atoms with Gasteiger partial charge in [0, 0.05) is 43.7 Å². The minimum Gasteiger partial charge on any atom is -0.478 e. The number of amides is 2. The first-order valence-electron chi connectivity index (χ1n) is 11.5. The molecule has 0 radical (unpaired) electrons. The number of nitrogens with two attached hydrogens (primary N) is 1. The van der Waals surface area contributed by atoms with E-state index in [-0.39, 0.29) is 17.4 Å². The molecule has 2 heterocycles. The fraction of sp³-hybridized carbons (Fsp3) is 0.400. The Hall–Kier alpha value is -3.27. The summed E-state index contributed by atoms with van der Waals surface area (Å²) in [6, 6.07) is 13.1. The van der Waals surface area contributed by atoms with Gasteiger partial charge in [-0.25, -0.2) is 4.79 Å². The lowest BCUT2D eigenvalue weighted by Crippen LogP contribution is -2.54. The number of hydrogen-bond acceptors (Lipinski definition) is 6. The predicted molar refractivity (Wildman–Crippen MR) is 128 cm³/mol. The van der Waals surface area contributed by atoms with Crippen LogP contribution in [0.1, 0.15) is 28.8 Å². The molecule has 0 spiro atoms. The van der Waals surface area contributed by atoms with Crippen LogP contribution in [-0.2, 0) is 20.7 Å².